The molecule has 0 bridgehead atoms. The number of hydrogen-bond donors (Lipinski definition) is 1. The second-order valence-corrected chi connectivity index (χ2v) is 9.94. The van der Waals surface area contributed by atoms with E-state index in [0.717, 1.165) is 19.3 Å². The molecule has 1 fully saturated rings. The van der Waals surface area contributed by atoms with Crippen molar-refractivity contribution in [2.75, 3.05) is 6.54 Å². The predicted molar refractivity (Wildman–Crippen MR) is 116 cm³/mol. The zero-order chi connectivity index (χ0) is 23.4. The summed E-state index contributed by atoms with van der Waals surface area (Å²) in [6.45, 7) is 13.9. The van der Waals surface area contributed by atoms with Crippen LogP contribution in [0, 0.1) is 0 Å². The van der Waals surface area contributed by atoms with Crippen LogP contribution in [0.2, 0.25) is 0 Å². The van der Waals surface area contributed by atoms with Gasteiger partial charge in [0, 0.05) is 24.7 Å². The van der Waals surface area contributed by atoms with Crippen molar-refractivity contribution < 1.29 is 27.6 Å². The van der Waals surface area contributed by atoms with Gasteiger partial charge in [-0.2, -0.15) is 5.10 Å². The lowest BCUT2D eigenvalue weighted by Crippen LogP contribution is -2.41. The number of rotatable bonds is 9. The van der Waals surface area contributed by atoms with Crippen molar-refractivity contribution in [1.82, 2.24) is 15.1 Å². The molecule has 1 aromatic rings. The Labute approximate surface area is 184 Å². The van der Waals surface area contributed by atoms with Crippen LogP contribution in [0.3, 0.4) is 0 Å². The Morgan fingerprint density at radius 1 is 1.16 bits per heavy atom. The summed E-state index contributed by atoms with van der Waals surface area (Å²) in [5.74, 6) is 0. The van der Waals surface area contributed by atoms with Crippen LogP contribution in [0.4, 0.5) is 13.6 Å². The molecule has 31 heavy (non-hydrogen) atoms. The van der Waals surface area contributed by atoms with Crippen LogP contribution in [0.5, 0.6) is 0 Å². The molecule has 0 atom stereocenters. The van der Waals surface area contributed by atoms with Gasteiger partial charge in [-0.25, -0.2) is 13.6 Å². The van der Waals surface area contributed by atoms with Crippen LogP contribution in [0.25, 0.3) is 0 Å². The molecular formula is C21H36BF2N3O4. The summed E-state index contributed by atoms with van der Waals surface area (Å²) in [5, 5.41) is 6.89. The highest BCUT2D eigenvalue weighted by molar-refractivity contribution is 6.62. The number of hydrogen-bond acceptors (Lipinski definition) is 5. The van der Waals surface area contributed by atoms with Gasteiger partial charge >= 0.3 is 13.2 Å². The van der Waals surface area contributed by atoms with Crippen molar-refractivity contribution in [2.45, 2.75) is 104 Å². The Kier molecular flexibility index (Phi) is 8.13. The SMILES string of the molecule is CC(C)(C)OC(=O)NCCCCCCn1ncc(B2OC(C)(C)C(C)(C)O2)c1C(F)F. The molecule has 0 spiro atoms. The van der Waals surface area contributed by atoms with Gasteiger partial charge in [0.25, 0.3) is 6.43 Å². The van der Waals surface area contributed by atoms with Crippen molar-refractivity contribution in [3.63, 3.8) is 0 Å². The molecule has 10 heteroatoms. The minimum Gasteiger partial charge on any atom is -0.444 e. The summed E-state index contributed by atoms with van der Waals surface area (Å²) in [7, 11) is -0.860. The fraction of sp³-hybridized carbons (Fsp3) is 0.810. The first-order valence-electron chi connectivity index (χ1n) is 10.9. The Bertz CT molecular complexity index is 731. The molecule has 0 aliphatic carbocycles. The molecule has 1 N–H and O–H groups in total. The number of halogens is 2. The summed E-state index contributed by atoms with van der Waals surface area (Å²) < 4.78 is 46.0. The molecule has 1 saturated heterocycles. The standard InChI is InChI=1S/C21H36BF2N3O4/c1-19(2,3)29-18(28)25-12-10-8-9-11-13-27-16(17(23)24)15(14-26-27)22-30-20(4,5)21(6,7)31-22/h14,17H,8-13H2,1-7H3,(H,25,28). The zero-order valence-electron chi connectivity index (χ0n) is 19.8. The lowest BCUT2D eigenvalue weighted by Gasteiger charge is -2.32. The highest BCUT2D eigenvalue weighted by Crippen LogP contribution is 2.37. The smallest absolute Gasteiger partial charge is 0.444 e. The highest BCUT2D eigenvalue weighted by atomic mass is 19.3. The largest absolute Gasteiger partial charge is 0.498 e. The van der Waals surface area contributed by atoms with Gasteiger partial charge in [-0.15, -0.1) is 0 Å². The number of nitrogens with zero attached hydrogens (tertiary/aromatic N) is 2. The normalized spacial score (nSPS) is 17.9. The first-order valence-corrected chi connectivity index (χ1v) is 10.9. The zero-order valence-corrected chi connectivity index (χ0v) is 19.8. The van der Waals surface area contributed by atoms with Crippen LogP contribution in [0.1, 0.15) is 86.3 Å². The highest BCUT2D eigenvalue weighted by Gasteiger charge is 2.53. The number of alkyl halides is 2. The van der Waals surface area contributed by atoms with Gasteiger partial charge in [0.05, 0.1) is 11.2 Å². The van der Waals surface area contributed by atoms with Gasteiger partial charge in [0.2, 0.25) is 0 Å². The molecule has 0 radical (unpaired) electrons. The summed E-state index contributed by atoms with van der Waals surface area (Å²) in [5.41, 5.74) is -1.59. The fourth-order valence-corrected chi connectivity index (χ4v) is 3.22. The van der Waals surface area contributed by atoms with E-state index in [1.165, 1.54) is 10.9 Å². The molecule has 1 aliphatic rings. The monoisotopic (exact) mass is 443 g/mol. The molecule has 1 aliphatic heterocycles. The minimum absolute atomic E-state index is 0.148. The number of nitrogens with one attached hydrogen (secondary N) is 1. The first-order chi connectivity index (χ1) is 14.2. The number of carbonyl (C=O) groups excluding carboxylic acids is 1. The van der Waals surface area contributed by atoms with Crippen molar-refractivity contribution in [1.29, 1.82) is 0 Å². The molecule has 1 aromatic heterocycles. The van der Waals surface area contributed by atoms with E-state index in [2.05, 4.69) is 10.4 Å². The molecule has 2 rings (SSSR count). The number of amides is 1. The Morgan fingerprint density at radius 2 is 1.74 bits per heavy atom. The summed E-state index contributed by atoms with van der Waals surface area (Å²) in [4.78, 5) is 11.6. The van der Waals surface area contributed by atoms with E-state index in [1.807, 2.05) is 48.5 Å². The molecular weight excluding hydrogens is 407 g/mol. The van der Waals surface area contributed by atoms with Crippen LogP contribution in [0.15, 0.2) is 6.20 Å². The van der Waals surface area contributed by atoms with E-state index in [-0.39, 0.29) is 11.2 Å². The van der Waals surface area contributed by atoms with Crippen LogP contribution < -0.4 is 10.8 Å². The molecule has 1 amide bonds. The maximum Gasteiger partial charge on any atom is 0.498 e. The van der Waals surface area contributed by atoms with E-state index < -0.39 is 36.4 Å². The number of aromatic nitrogens is 2. The second kappa shape index (κ2) is 9.86. The van der Waals surface area contributed by atoms with E-state index in [1.54, 1.807) is 0 Å². The fourth-order valence-electron chi connectivity index (χ4n) is 3.22. The Morgan fingerprint density at radius 3 is 2.29 bits per heavy atom. The lowest BCUT2D eigenvalue weighted by atomic mass is 9.79. The molecule has 0 unspecified atom stereocenters. The van der Waals surface area contributed by atoms with E-state index in [9.17, 15) is 13.6 Å². The number of aryl methyl sites for hydroxylation is 1. The molecule has 7 nitrogen and oxygen atoms in total. The minimum atomic E-state index is -2.67. The number of alkyl carbamates (subject to hydrolysis) is 1. The van der Waals surface area contributed by atoms with Gasteiger partial charge in [0.1, 0.15) is 11.3 Å². The third-order valence-corrected chi connectivity index (χ3v) is 5.59. The average molecular weight is 443 g/mol. The van der Waals surface area contributed by atoms with Crippen LogP contribution in [-0.2, 0) is 20.6 Å². The lowest BCUT2D eigenvalue weighted by molar-refractivity contribution is 0.00578. The topological polar surface area (TPSA) is 74.6 Å². The third kappa shape index (κ3) is 6.90. The Balaban J connectivity index is 1.81. The van der Waals surface area contributed by atoms with Crippen molar-refractivity contribution in [3.05, 3.63) is 11.9 Å². The molecule has 0 aromatic carbocycles. The van der Waals surface area contributed by atoms with Crippen molar-refractivity contribution >= 4 is 18.7 Å². The van der Waals surface area contributed by atoms with Crippen molar-refractivity contribution in [3.8, 4) is 0 Å². The van der Waals surface area contributed by atoms with Gasteiger partial charge in [-0.05, 0) is 61.3 Å². The summed E-state index contributed by atoms with van der Waals surface area (Å²) in [6.07, 6.45) is 1.52. The van der Waals surface area contributed by atoms with Crippen LogP contribution in [-0.4, -0.2) is 46.3 Å². The third-order valence-electron chi connectivity index (χ3n) is 5.59. The number of ether oxygens (including phenoxy) is 1. The maximum atomic E-state index is 13.8. The number of unbranched alkanes of at least 4 members (excludes halogenated alkanes) is 3. The summed E-state index contributed by atoms with van der Waals surface area (Å²) in [6, 6.07) is 0. The first kappa shape index (κ1) is 25.6. The predicted octanol–water partition coefficient (Wildman–Crippen LogP) is 4.21. The van der Waals surface area contributed by atoms with Gasteiger partial charge in [0.15, 0.2) is 0 Å². The Hall–Kier alpha value is -1.68. The van der Waals surface area contributed by atoms with Gasteiger partial charge in [-0.3, -0.25) is 4.68 Å². The van der Waals surface area contributed by atoms with Crippen molar-refractivity contribution in [2.24, 2.45) is 0 Å². The molecule has 176 valence electrons. The molecule has 2 heterocycles. The van der Waals surface area contributed by atoms with E-state index in [0.29, 0.717) is 19.5 Å². The maximum absolute atomic E-state index is 13.8. The quantitative estimate of drug-likeness (QED) is 0.457. The van der Waals surface area contributed by atoms with Crippen LogP contribution >= 0.6 is 0 Å². The molecule has 0 saturated carbocycles. The van der Waals surface area contributed by atoms with E-state index >= 15 is 0 Å². The number of carbonyl (C=O) groups is 1. The van der Waals surface area contributed by atoms with Gasteiger partial charge in [-0.1, -0.05) is 12.8 Å². The summed E-state index contributed by atoms with van der Waals surface area (Å²) >= 11 is 0. The average Bonchev–Trinajstić information content (AvgIpc) is 3.10. The van der Waals surface area contributed by atoms with Gasteiger partial charge < -0.3 is 19.4 Å². The van der Waals surface area contributed by atoms with E-state index in [4.69, 9.17) is 14.0 Å². The second-order valence-electron chi connectivity index (χ2n) is 9.94.